The third kappa shape index (κ3) is 4.58. The second kappa shape index (κ2) is 9.75. The smallest absolute Gasteiger partial charge is 0.261 e. The molecule has 0 unspecified atom stereocenters. The predicted molar refractivity (Wildman–Crippen MR) is 137 cm³/mol. The van der Waals surface area contributed by atoms with Gasteiger partial charge in [0.25, 0.3) is 5.89 Å². The van der Waals surface area contributed by atoms with E-state index in [9.17, 15) is 0 Å². The summed E-state index contributed by atoms with van der Waals surface area (Å²) in [6.45, 7) is 3.63. The molecule has 37 heavy (non-hydrogen) atoms. The lowest BCUT2D eigenvalue weighted by atomic mass is 9.64. The largest absolute Gasteiger partial charge is 0.368 e. The summed E-state index contributed by atoms with van der Waals surface area (Å²) in [7, 11) is 0. The molecule has 2 N–H and O–H groups in total. The van der Waals surface area contributed by atoms with Crippen molar-refractivity contribution in [1.82, 2.24) is 34.8 Å². The van der Waals surface area contributed by atoms with Gasteiger partial charge in [-0.15, -0.1) is 0 Å². The van der Waals surface area contributed by atoms with Gasteiger partial charge in [-0.3, -0.25) is 4.68 Å². The Morgan fingerprint density at radius 1 is 1.00 bits per heavy atom. The first-order chi connectivity index (χ1) is 18.1. The Labute approximate surface area is 215 Å². The van der Waals surface area contributed by atoms with E-state index in [1.54, 1.807) is 18.6 Å². The van der Waals surface area contributed by atoms with Crippen LogP contribution in [0.4, 0.5) is 5.95 Å². The normalized spacial score (nSPS) is 17.8. The molecule has 2 aliphatic rings. The van der Waals surface area contributed by atoms with Gasteiger partial charge in [-0.25, -0.2) is 9.97 Å². The Hall–Kier alpha value is -4.10. The van der Waals surface area contributed by atoms with E-state index in [-0.39, 0.29) is 17.3 Å². The van der Waals surface area contributed by atoms with Crippen LogP contribution in [0.2, 0.25) is 0 Å². The molecule has 0 amide bonds. The SMILES string of the molecule is N#CC1CCN(CCn2cc(-c3nc(C4(c5ccc(-c6cnc(N)nc6)cc5)CCC4)no3)cn2)CC1. The quantitative estimate of drug-likeness (QED) is 0.407. The molecule has 1 saturated carbocycles. The molecule has 10 heteroatoms. The highest BCUT2D eigenvalue weighted by molar-refractivity contribution is 5.63. The summed E-state index contributed by atoms with van der Waals surface area (Å²) in [6, 6.07) is 10.8. The Morgan fingerprint density at radius 2 is 1.76 bits per heavy atom. The van der Waals surface area contributed by atoms with E-state index in [0.29, 0.717) is 5.89 Å². The maximum atomic E-state index is 9.08. The molecule has 0 spiro atoms. The number of anilines is 1. The minimum atomic E-state index is -0.233. The van der Waals surface area contributed by atoms with Crippen LogP contribution in [0.5, 0.6) is 0 Å². The van der Waals surface area contributed by atoms with Crippen molar-refractivity contribution in [2.75, 3.05) is 25.4 Å². The van der Waals surface area contributed by atoms with Crippen LogP contribution in [0.25, 0.3) is 22.6 Å². The van der Waals surface area contributed by atoms with Crippen molar-refractivity contribution in [2.45, 2.75) is 44.1 Å². The number of piperidine rings is 1. The van der Waals surface area contributed by atoms with Crippen LogP contribution in [-0.2, 0) is 12.0 Å². The topological polar surface area (TPSA) is 136 Å². The summed E-state index contributed by atoms with van der Waals surface area (Å²) >= 11 is 0. The number of nitrogens with zero attached hydrogens (tertiary/aromatic N) is 8. The van der Waals surface area contributed by atoms with Crippen molar-refractivity contribution in [2.24, 2.45) is 5.92 Å². The molecule has 1 aliphatic carbocycles. The molecule has 0 atom stereocenters. The maximum absolute atomic E-state index is 9.08. The van der Waals surface area contributed by atoms with Gasteiger partial charge in [0, 0.05) is 36.6 Å². The molecule has 6 rings (SSSR count). The molecule has 188 valence electrons. The number of aromatic nitrogens is 6. The third-order valence-electron chi connectivity index (χ3n) is 7.80. The second-order valence-corrected chi connectivity index (χ2v) is 10.0. The monoisotopic (exact) mass is 495 g/mol. The molecular formula is C27H29N9O. The van der Waals surface area contributed by atoms with Gasteiger partial charge >= 0.3 is 0 Å². The number of hydrogen-bond acceptors (Lipinski definition) is 9. The van der Waals surface area contributed by atoms with Crippen molar-refractivity contribution >= 4 is 5.95 Å². The Kier molecular flexibility index (Phi) is 6.14. The number of rotatable bonds is 7. The van der Waals surface area contributed by atoms with E-state index in [4.69, 9.17) is 20.5 Å². The van der Waals surface area contributed by atoms with E-state index in [1.165, 1.54) is 5.56 Å². The number of benzene rings is 1. The summed E-state index contributed by atoms with van der Waals surface area (Å²) in [5.74, 6) is 1.70. The van der Waals surface area contributed by atoms with Crippen LogP contribution in [0.3, 0.4) is 0 Å². The molecule has 2 fully saturated rings. The number of likely N-dealkylation sites (tertiary alicyclic amines) is 1. The summed E-state index contributed by atoms with van der Waals surface area (Å²) in [5.41, 5.74) is 9.35. The Balaban J connectivity index is 1.14. The zero-order chi connectivity index (χ0) is 25.2. The molecule has 0 radical (unpaired) electrons. The van der Waals surface area contributed by atoms with Crippen LogP contribution in [0, 0.1) is 17.2 Å². The lowest BCUT2D eigenvalue weighted by Crippen LogP contribution is -2.36. The van der Waals surface area contributed by atoms with Gasteiger partial charge in [-0.1, -0.05) is 35.8 Å². The standard InChI is InChI=1S/C27H29N9O/c28-14-19-6-10-35(11-7-19)12-13-36-18-22(17-32-36)24-33-25(34-37-24)27(8-1-9-27)23-4-2-20(3-5-23)21-15-30-26(29)31-16-21/h2-5,15-19H,1,6-13H2,(H2,29,30,31). The fourth-order valence-electron chi connectivity index (χ4n) is 5.30. The van der Waals surface area contributed by atoms with Crippen molar-refractivity contribution in [3.63, 3.8) is 0 Å². The van der Waals surface area contributed by atoms with Crippen LogP contribution in [0.15, 0.2) is 53.6 Å². The highest BCUT2D eigenvalue weighted by Crippen LogP contribution is 2.48. The molecule has 4 heterocycles. The van der Waals surface area contributed by atoms with Crippen LogP contribution >= 0.6 is 0 Å². The predicted octanol–water partition coefficient (Wildman–Crippen LogP) is 3.68. The minimum Gasteiger partial charge on any atom is -0.368 e. The van der Waals surface area contributed by atoms with Crippen LogP contribution in [0.1, 0.15) is 43.5 Å². The minimum absolute atomic E-state index is 0.203. The zero-order valence-electron chi connectivity index (χ0n) is 20.6. The van der Waals surface area contributed by atoms with Gasteiger partial charge in [0.2, 0.25) is 5.95 Å². The van der Waals surface area contributed by atoms with Gasteiger partial charge in [-0.2, -0.15) is 15.3 Å². The second-order valence-electron chi connectivity index (χ2n) is 10.0. The number of nitrogens with two attached hydrogens (primary N) is 1. The van der Waals surface area contributed by atoms with Gasteiger partial charge in [-0.05, 0) is 49.9 Å². The third-order valence-corrected chi connectivity index (χ3v) is 7.80. The fraction of sp³-hybridized carbons (Fsp3) is 0.407. The van der Waals surface area contributed by atoms with E-state index in [2.05, 4.69) is 55.5 Å². The van der Waals surface area contributed by atoms with Crippen molar-refractivity contribution in [3.8, 4) is 28.7 Å². The summed E-state index contributed by atoms with van der Waals surface area (Å²) in [6.07, 6.45) is 12.2. The van der Waals surface area contributed by atoms with Gasteiger partial charge in [0.1, 0.15) is 0 Å². The van der Waals surface area contributed by atoms with Gasteiger partial charge in [0.15, 0.2) is 5.82 Å². The average Bonchev–Trinajstić information content (AvgIpc) is 3.59. The lowest BCUT2D eigenvalue weighted by Gasteiger charge is -2.39. The molecule has 4 aromatic rings. The molecule has 0 bridgehead atoms. The van der Waals surface area contributed by atoms with E-state index < -0.39 is 0 Å². The number of nitrogen functional groups attached to an aromatic ring is 1. The summed E-state index contributed by atoms with van der Waals surface area (Å²) in [4.78, 5) is 15.4. The zero-order valence-corrected chi connectivity index (χ0v) is 20.6. The average molecular weight is 496 g/mol. The van der Waals surface area contributed by atoms with Gasteiger partial charge in [0.05, 0.1) is 29.8 Å². The first-order valence-corrected chi connectivity index (χ1v) is 12.8. The molecule has 1 aliphatic heterocycles. The van der Waals surface area contributed by atoms with Crippen molar-refractivity contribution in [1.29, 1.82) is 5.26 Å². The maximum Gasteiger partial charge on any atom is 0.261 e. The molecular weight excluding hydrogens is 466 g/mol. The highest BCUT2D eigenvalue weighted by Gasteiger charge is 2.44. The Morgan fingerprint density at radius 3 is 2.43 bits per heavy atom. The number of hydrogen-bond donors (Lipinski definition) is 1. The lowest BCUT2D eigenvalue weighted by molar-refractivity contribution is 0.196. The van der Waals surface area contributed by atoms with Crippen molar-refractivity contribution < 1.29 is 4.52 Å². The van der Waals surface area contributed by atoms with Crippen LogP contribution < -0.4 is 5.73 Å². The van der Waals surface area contributed by atoms with Crippen molar-refractivity contribution in [3.05, 3.63) is 60.4 Å². The van der Waals surface area contributed by atoms with E-state index >= 15 is 0 Å². The first kappa shape index (κ1) is 23.3. The fourth-order valence-corrected chi connectivity index (χ4v) is 5.30. The summed E-state index contributed by atoms with van der Waals surface area (Å²) < 4.78 is 7.63. The highest BCUT2D eigenvalue weighted by atomic mass is 16.5. The van der Waals surface area contributed by atoms with E-state index in [1.807, 2.05) is 10.9 Å². The molecule has 1 aromatic carbocycles. The van der Waals surface area contributed by atoms with Crippen LogP contribution in [-0.4, -0.2) is 54.4 Å². The van der Waals surface area contributed by atoms with E-state index in [0.717, 1.165) is 80.8 Å². The van der Waals surface area contributed by atoms with Gasteiger partial charge < -0.3 is 15.2 Å². The molecule has 10 nitrogen and oxygen atoms in total. The Bertz CT molecular complexity index is 1390. The number of nitriles is 1. The summed E-state index contributed by atoms with van der Waals surface area (Å²) in [5, 5.41) is 18.0. The molecule has 1 saturated heterocycles. The molecule has 3 aromatic heterocycles. The first-order valence-electron chi connectivity index (χ1n) is 12.8.